The van der Waals surface area contributed by atoms with E-state index in [0.717, 1.165) is 24.3 Å². The Labute approximate surface area is 126 Å². The van der Waals surface area contributed by atoms with Crippen molar-refractivity contribution >= 4 is 5.97 Å². The summed E-state index contributed by atoms with van der Waals surface area (Å²) in [5.74, 6) is 2.05. The fourth-order valence-corrected chi connectivity index (χ4v) is 6.25. The molecule has 1 saturated heterocycles. The molecule has 4 bridgehead atoms. The second-order valence-corrected chi connectivity index (χ2v) is 8.15. The standard InChI is InChI=1S/C17H27NO3/c1-11(18-2-3-21-15(10-18)16(19)20)17-7-12-4-13(8-17)6-14(5-12)9-17/h11-15H,2-10H2,1H3,(H,19,20). The van der Waals surface area contributed by atoms with Crippen LogP contribution in [-0.2, 0) is 9.53 Å². The zero-order chi connectivity index (χ0) is 14.6. The second kappa shape index (κ2) is 4.95. The zero-order valence-corrected chi connectivity index (χ0v) is 13.0. The van der Waals surface area contributed by atoms with Gasteiger partial charge in [-0.15, -0.1) is 0 Å². The molecule has 5 rings (SSSR count). The molecule has 1 N–H and O–H groups in total. The van der Waals surface area contributed by atoms with Crippen LogP contribution in [0, 0.1) is 23.2 Å². The van der Waals surface area contributed by atoms with E-state index >= 15 is 0 Å². The van der Waals surface area contributed by atoms with Gasteiger partial charge >= 0.3 is 5.97 Å². The van der Waals surface area contributed by atoms with Gasteiger partial charge in [0.1, 0.15) is 0 Å². The average Bonchev–Trinajstić information content (AvgIpc) is 2.45. The first-order valence-corrected chi connectivity index (χ1v) is 8.64. The summed E-state index contributed by atoms with van der Waals surface area (Å²) in [6, 6.07) is 0.511. The Morgan fingerprint density at radius 1 is 1.19 bits per heavy atom. The summed E-state index contributed by atoms with van der Waals surface area (Å²) < 4.78 is 5.40. The Hall–Kier alpha value is -0.610. The number of rotatable bonds is 3. The molecule has 21 heavy (non-hydrogen) atoms. The topological polar surface area (TPSA) is 49.8 Å². The van der Waals surface area contributed by atoms with Crippen LogP contribution in [0.25, 0.3) is 0 Å². The lowest BCUT2D eigenvalue weighted by molar-refractivity contribution is -0.162. The molecule has 0 aromatic carbocycles. The van der Waals surface area contributed by atoms with Crippen molar-refractivity contribution in [1.29, 1.82) is 0 Å². The van der Waals surface area contributed by atoms with Gasteiger partial charge in [0.05, 0.1) is 6.61 Å². The van der Waals surface area contributed by atoms with Crippen LogP contribution in [0.3, 0.4) is 0 Å². The Balaban J connectivity index is 1.51. The van der Waals surface area contributed by atoms with Crippen LogP contribution < -0.4 is 0 Å². The second-order valence-electron chi connectivity index (χ2n) is 8.15. The number of hydrogen-bond acceptors (Lipinski definition) is 3. The van der Waals surface area contributed by atoms with E-state index in [-0.39, 0.29) is 0 Å². The minimum atomic E-state index is -0.808. The molecule has 4 heteroatoms. The third kappa shape index (κ3) is 2.31. The molecule has 0 aromatic rings. The number of carbonyl (C=O) groups is 1. The first-order chi connectivity index (χ1) is 10.1. The van der Waals surface area contributed by atoms with Crippen LogP contribution in [-0.4, -0.2) is 47.8 Å². The monoisotopic (exact) mass is 293 g/mol. The van der Waals surface area contributed by atoms with Crippen molar-refractivity contribution in [2.75, 3.05) is 19.7 Å². The van der Waals surface area contributed by atoms with Crippen molar-refractivity contribution in [1.82, 2.24) is 4.90 Å². The van der Waals surface area contributed by atoms with Crippen LogP contribution in [0.2, 0.25) is 0 Å². The zero-order valence-electron chi connectivity index (χ0n) is 13.0. The smallest absolute Gasteiger partial charge is 0.334 e. The molecule has 4 saturated carbocycles. The fraction of sp³-hybridized carbons (Fsp3) is 0.941. The maximum absolute atomic E-state index is 11.2. The molecule has 0 amide bonds. The van der Waals surface area contributed by atoms with Gasteiger partial charge in [0.2, 0.25) is 0 Å². The van der Waals surface area contributed by atoms with E-state index < -0.39 is 12.1 Å². The average molecular weight is 293 g/mol. The molecule has 118 valence electrons. The number of carboxylic acids is 1. The Morgan fingerprint density at radius 2 is 1.76 bits per heavy atom. The van der Waals surface area contributed by atoms with Crippen LogP contribution in [0.5, 0.6) is 0 Å². The van der Waals surface area contributed by atoms with E-state index in [0.29, 0.717) is 24.6 Å². The summed E-state index contributed by atoms with van der Waals surface area (Å²) in [5, 5.41) is 9.22. The van der Waals surface area contributed by atoms with Crippen LogP contribution in [0.15, 0.2) is 0 Å². The van der Waals surface area contributed by atoms with Crippen molar-refractivity contribution < 1.29 is 14.6 Å². The lowest BCUT2D eigenvalue weighted by Crippen LogP contribution is -2.59. The quantitative estimate of drug-likeness (QED) is 0.868. The first kappa shape index (κ1) is 14.0. The van der Waals surface area contributed by atoms with Crippen LogP contribution in [0.4, 0.5) is 0 Å². The molecule has 0 radical (unpaired) electrons. The van der Waals surface area contributed by atoms with E-state index in [1.165, 1.54) is 38.5 Å². The Kier molecular flexibility index (Phi) is 3.30. The minimum absolute atomic E-state index is 0.467. The lowest BCUT2D eigenvalue weighted by Gasteiger charge is -2.61. The third-order valence-electron chi connectivity index (χ3n) is 6.89. The molecule has 4 nitrogen and oxygen atoms in total. The maximum Gasteiger partial charge on any atom is 0.334 e. The summed E-state index contributed by atoms with van der Waals surface area (Å²) in [5.41, 5.74) is 0.467. The van der Waals surface area contributed by atoms with Gasteiger partial charge in [-0.05, 0) is 68.6 Å². The largest absolute Gasteiger partial charge is 0.479 e. The SMILES string of the molecule is CC(N1CCOC(C(=O)O)C1)C12CC3CC(CC(C3)C1)C2. The van der Waals surface area contributed by atoms with E-state index in [4.69, 9.17) is 4.74 Å². The van der Waals surface area contributed by atoms with Crippen molar-refractivity contribution in [3.05, 3.63) is 0 Å². The molecule has 5 aliphatic rings. The van der Waals surface area contributed by atoms with Gasteiger partial charge < -0.3 is 9.84 Å². The Morgan fingerprint density at radius 3 is 2.29 bits per heavy atom. The van der Waals surface area contributed by atoms with Crippen LogP contribution >= 0.6 is 0 Å². The molecule has 0 spiro atoms. The first-order valence-electron chi connectivity index (χ1n) is 8.64. The lowest BCUT2D eigenvalue weighted by atomic mass is 9.47. The number of carboxylic acid groups (broad SMARTS) is 1. The van der Waals surface area contributed by atoms with Gasteiger partial charge in [-0.1, -0.05) is 0 Å². The molecular weight excluding hydrogens is 266 g/mol. The molecule has 2 unspecified atom stereocenters. The highest BCUT2D eigenvalue weighted by Crippen LogP contribution is 2.61. The van der Waals surface area contributed by atoms with Gasteiger partial charge in [0.25, 0.3) is 0 Å². The van der Waals surface area contributed by atoms with Gasteiger partial charge in [-0.25, -0.2) is 4.79 Å². The highest BCUT2D eigenvalue weighted by molar-refractivity contribution is 5.72. The van der Waals surface area contributed by atoms with Gasteiger partial charge in [-0.3, -0.25) is 4.90 Å². The number of ether oxygens (including phenoxy) is 1. The summed E-state index contributed by atoms with van der Waals surface area (Å²) >= 11 is 0. The van der Waals surface area contributed by atoms with Gasteiger partial charge in [0, 0.05) is 19.1 Å². The fourth-order valence-electron chi connectivity index (χ4n) is 6.25. The number of morpholine rings is 1. The van der Waals surface area contributed by atoms with Crippen molar-refractivity contribution in [3.8, 4) is 0 Å². The highest BCUT2D eigenvalue weighted by Gasteiger charge is 2.54. The molecule has 5 fully saturated rings. The van der Waals surface area contributed by atoms with Gasteiger partial charge in [-0.2, -0.15) is 0 Å². The van der Waals surface area contributed by atoms with E-state index in [1.807, 2.05) is 0 Å². The number of nitrogens with zero attached hydrogens (tertiary/aromatic N) is 1. The van der Waals surface area contributed by atoms with Crippen LogP contribution in [0.1, 0.15) is 45.4 Å². The highest BCUT2D eigenvalue weighted by atomic mass is 16.5. The summed E-state index contributed by atoms with van der Waals surface area (Å²) in [7, 11) is 0. The third-order valence-corrected chi connectivity index (χ3v) is 6.89. The van der Waals surface area contributed by atoms with Crippen molar-refractivity contribution in [3.63, 3.8) is 0 Å². The van der Waals surface area contributed by atoms with E-state index in [9.17, 15) is 9.90 Å². The normalized spacial score (nSPS) is 47.5. The molecule has 1 aliphatic heterocycles. The predicted octanol–water partition coefficient (Wildman–Crippen LogP) is 2.38. The molecule has 0 aromatic heterocycles. The van der Waals surface area contributed by atoms with Crippen molar-refractivity contribution in [2.24, 2.45) is 23.2 Å². The summed E-state index contributed by atoms with van der Waals surface area (Å²) in [6.07, 6.45) is 7.92. The molecule has 2 atom stereocenters. The van der Waals surface area contributed by atoms with E-state index in [1.54, 1.807) is 0 Å². The molecule has 1 heterocycles. The number of aliphatic carboxylic acids is 1. The van der Waals surface area contributed by atoms with Crippen molar-refractivity contribution in [2.45, 2.75) is 57.6 Å². The molecular formula is C17H27NO3. The summed E-state index contributed by atoms with van der Waals surface area (Å²) in [4.78, 5) is 13.6. The minimum Gasteiger partial charge on any atom is -0.479 e. The number of hydrogen-bond donors (Lipinski definition) is 1. The van der Waals surface area contributed by atoms with E-state index in [2.05, 4.69) is 11.8 Å². The predicted molar refractivity (Wildman–Crippen MR) is 79.0 cm³/mol. The molecule has 4 aliphatic carbocycles. The summed E-state index contributed by atoms with van der Waals surface area (Å²) in [6.45, 7) is 4.38. The maximum atomic E-state index is 11.2. The van der Waals surface area contributed by atoms with Gasteiger partial charge in [0.15, 0.2) is 6.10 Å². The Bertz CT molecular complexity index is 400.